The average Bonchev–Trinajstić information content (AvgIpc) is 2.53. The highest BCUT2D eigenvalue weighted by Gasteiger charge is 2.07. The van der Waals surface area contributed by atoms with E-state index in [2.05, 4.69) is 5.32 Å². The molecule has 2 rings (SSSR count). The lowest BCUT2D eigenvalue weighted by Gasteiger charge is -2.06. The number of amides is 1. The minimum atomic E-state index is -0.113. The van der Waals surface area contributed by atoms with Crippen LogP contribution in [0, 0.1) is 0 Å². The standard InChI is InChI=1S/C18H19NO3S/c1-3-22-16-9-7-14(8-10-16)18(21)12-23-17-6-4-5-15(11-17)19-13(2)20/h4-11H,3,12H2,1-2H3,(H,19,20). The molecule has 1 N–H and O–H groups in total. The second-order valence-electron chi connectivity index (χ2n) is 4.88. The number of ether oxygens (including phenoxy) is 1. The van der Waals surface area contributed by atoms with Crippen molar-refractivity contribution < 1.29 is 14.3 Å². The molecule has 2 aromatic rings. The van der Waals surface area contributed by atoms with Crippen LogP contribution in [0.2, 0.25) is 0 Å². The molecule has 0 fully saturated rings. The summed E-state index contributed by atoms with van der Waals surface area (Å²) in [6.45, 7) is 3.99. The SMILES string of the molecule is CCOc1ccc(C(=O)CSc2cccc(NC(C)=O)c2)cc1. The summed E-state index contributed by atoms with van der Waals surface area (Å²) in [5.41, 5.74) is 1.40. The van der Waals surface area contributed by atoms with E-state index >= 15 is 0 Å². The number of thioether (sulfide) groups is 1. The highest BCUT2D eigenvalue weighted by atomic mass is 32.2. The Morgan fingerprint density at radius 2 is 1.87 bits per heavy atom. The molecule has 23 heavy (non-hydrogen) atoms. The zero-order valence-corrected chi connectivity index (χ0v) is 14.0. The lowest BCUT2D eigenvalue weighted by molar-refractivity contribution is -0.114. The Labute approximate surface area is 140 Å². The summed E-state index contributed by atoms with van der Waals surface area (Å²) in [5.74, 6) is 1.05. The predicted octanol–water partition coefficient (Wildman–Crippen LogP) is 4.02. The first kappa shape index (κ1) is 17.1. The summed E-state index contributed by atoms with van der Waals surface area (Å²) in [6, 6.07) is 14.6. The summed E-state index contributed by atoms with van der Waals surface area (Å²) in [4.78, 5) is 24.2. The summed E-state index contributed by atoms with van der Waals surface area (Å²) in [7, 11) is 0. The molecule has 0 spiro atoms. The number of benzene rings is 2. The molecule has 1 amide bonds. The molecule has 0 aromatic heterocycles. The molecule has 0 bridgehead atoms. The van der Waals surface area contributed by atoms with Crippen LogP contribution in [-0.2, 0) is 4.79 Å². The number of rotatable bonds is 7. The number of hydrogen-bond donors (Lipinski definition) is 1. The van der Waals surface area contributed by atoms with Crippen LogP contribution in [0.3, 0.4) is 0 Å². The van der Waals surface area contributed by atoms with Crippen LogP contribution in [0.4, 0.5) is 5.69 Å². The maximum absolute atomic E-state index is 12.2. The first-order valence-electron chi connectivity index (χ1n) is 7.35. The van der Waals surface area contributed by atoms with E-state index in [4.69, 9.17) is 4.74 Å². The molecule has 4 nitrogen and oxygen atoms in total. The molecule has 0 aliphatic heterocycles. The Morgan fingerprint density at radius 3 is 2.52 bits per heavy atom. The molecule has 0 saturated carbocycles. The van der Waals surface area contributed by atoms with Gasteiger partial charge in [0.05, 0.1) is 12.4 Å². The second kappa shape index (κ2) is 8.39. The molecule has 5 heteroatoms. The first-order valence-corrected chi connectivity index (χ1v) is 8.33. The van der Waals surface area contributed by atoms with E-state index in [1.54, 1.807) is 24.3 Å². The number of hydrogen-bond acceptors (Lipinski definition) is 4. The fourth-order valence-corrected chi connectivity index (χ4v) is 2.85. The number of carbonyl (C=O) groups is 2. The van der Waals surface area contributed by atoms with E-state index < -0.39 is 0 Å². The maximum atomic E-state index is 12.2. The minimum Gasteiger partial charge on any atom is -0.494 e. The van der Waals surface area contributed by atoms with Crippen molar-refractivity contribution in [2.45, 2.75) is 18.7 Å². The normalized spacial score (nSPS) is 10.2. The third-order valence-corrected chi connectivity index (χ3v) is 4.01. The third kappa shape index (κ3) is 5.45. The fraction of sp³-hybridized carbons (Fsp3) is 0.222. The summed E-state index contributed by atoms with van der Waals surface area (Å²) in [5, 5.41) is 2.73. The summed E-state index contributed by atoms with van der Waals surface area (Å²) in [6.07, 6.45) is 0. The average molecular weight is 329 g/mol. The Bertz CT molecular complexity index is 683. The lowest BCUT2D eigenvalue weighted by atomic mass is 10.1. The van der Waals surface area contributed by atoms with Crippen molar-refractivity contribution in [2.75, 3.05) is 17.7 Å². The van der Waals surface area contributed by atoms with Crippen LogP contribution in [-0.4, -0.2) is 24.1 Å². The van der Waals surface area contributed by atoms with Gasteiger partial charge in [-0.25, -0.2) is 0 Å². The van der Waals surface area contributed by atoms with E-state index in [1.807, 2.05) is 31.2 Å². The molecular weight excluding hydrogens is 310 g/mol. The molecule has 0 radical (unpaired) electrons. The smallest absolute Gasteiger partial charge is 0.221 e. The first-order chi connectivity index (χ1) is 11.1. The molecule has 2 aromatic carbocycles. The van der Waals surface area contributed by atoms with Gasteiger partial charge >= 0.3 is 0 Å². The highest BCUT2D eigenvalue weighted by Crippen LogP contribution is 2.23. The van der Waals surface area contributed by atoms with Gasteiger partial charge in [0.25, 0.3) is 0 Å². The van der Waals surface area contributed by atoms with E-state index in [1.165, 1.54) is 18.7 Å². The van der Waals surface area contributed by atoms with Crippen molar-refractivity contribution in [3.8, 4) is 5.75 Å². The van der Waals surface area contributed by atoms with Gasteiger partial charge in [-0.05, 0) is 49.4 Å². The van der Waals surface area contributed by atoms with Crippen molar-refractivity contribution in [1.29, 1.82) is 0 Å². The summed E-state index contributed by atoms with van der Waals surface area (Å²) < 4.78 is 5.36. The van der Waals surface area contributed by atoms with Gasteiger partial charge < -0.3 is 10.1 Å². The highest BCUT2D eigenvalue weighted by molar-refractivity contribution is 8.00. The number of ketones is 1. The van der Waals surface area contributed by atoms with Gasteiger partial charge in [-0.2, -0.15) is 0 Å². The lowest BCUT2D eigenvalue weighted by Crippen LogP contribution is -2.05. The largest absolute Gasteiger partial charge is 0.494 e. The fourth-order valence-electron chi connectivity index (χ4n) is 2.00. The Hall–Kier alpha value is -2.27. The van der Waals surface area contributed by atoms with Crippen molar-refractivity contribution in [3.63, 3.8) is 0 Å². The van der Waals surface area contributed by atoms with Gasteiger partial charge in [-0.15, -0.1) is 11.8 Å². The molecule has 120 valence electrons. The molecule has 0 heterocycles. The van der Waals surface area contributed by atoms with Crippen LogP contribution in [0.5, 0.6) is 5.75 Å². The van der Waals surface area contributed by atoms with Crippen LogP contribution in [0.25, 0.3) is 0 Å². The number of anilines is 1. The Kier molecular flexibility index (Phi) is 6.23. The Balaban J connectivity index is 1.94. The van der Waals surface area contributed by atoms with E-state index in [0.717, 1.165) is 16.3 Å². The van der Waals surface area contributed by atoms with Crippen molar-refractivity contribution in [3.05, 3.63) is 54.1 Å². The van der Waals surface area contributed by atoms with Crippen molar-refractivity contribution in [1.82, 2.24) is 0 Å². The van der Waals surface area contributed by atoms with Crippen LogP contribution in [0.1, 0.15) is 24.2 Å². The molecule has 0 atom stereocenters. The van der Waals surface area contributed by atoms with Crippen LogP contribution < -0.4 is 10.1 Å². The van der Waals surface area contributed by atoms with Crippen LogP contribution >= 0.6 is 11.8 Å². The zero-order valence-electron chi connectivity index (χ0n) is 13.2. The van der Waals surface area contributed by atoms with E-state index in [0.29, 0.717) is 17.9 Å². The molecule has 0 aliphatic rings. The predicted molar refractivity (Wildman–Crippen MR) is 93.4 cm³/mol. The second-order valence-corrected chi connectivity index (χ2v) is 5.93. The maximum Gasteiger partial charge on any atom is 0.221 e. The number of carbonyl (C=O) groups excluding carboxylic acids is 2. The zero-order chi connectivity index (χ0) is 16.7. The molecule has 0 unspecified atom stereocenters. The van der Waals surface area contributed by atoms with Gasteiger partial charge in [0.1, 0.15) is 5.75 Å². The monoisotopic (exact) mass is 329 g/mol. The topological polar surface area (TPSA) is 55.4 Å². The van der Waals surface area contributed by atoms with Gasteiger partial charge in [0, 0.05) is 23.1 Å². The van der Waals surface area contributed by atoms with Crippen molar-refractivity contribution >= 4 is 29.1 Å². The van der Waals surface area contributed by atoms with Gasteiger partial charge in [0.2, 0.25) is 5.91 Å². The van der Waals surface area contributed by atoms with E-state index in [-0.39, 0.29) is 11.7 Å². The van der Waals surface area contributed by atoms with Gasteiger partial charge in [-0.1, -0.05) is 6.07 Å². The Morgan fingerprint density at radius 1 is 1.13 bits per heavy atom. The molecular formula is C18H19NO3S. The number of Topliss-reactive ketones (excluding diaryl/α,β-unsaturated/α-hetero) is 1. The quantitative estimate of drug-likeness (QED) is 0.616. The molecule has 0 aliphatic carbocycles. The third-order valence-electron chi connectivity index (χ3n) is 3.01. The van der Waals surface area contributed by atoms with Gasteiger partial charge in [-0.3, -0.25) is 9.59 Å². The van der Waals surface area contributed by atoms with Crippen LogP contribution in [0.15, 0.2) is 53.4 Å². The minimum absolute atomic E-state index is 0.0583. The summed E-state index contributed by atoms with van der Waals surface area (Å²) >= 11 is 1.45. The van der Waals surface area contributed by atoms with E-state index in [9.17, 15) is 9.59 Å². The molecule has 0 saturated heterocycles. The van der Waals surface area contributed by atoms with Crippen molar-refractivity contribution in [2.24, 2.45) is 0 Å². The van der Waals surface area contributed by atoms with Gasteiger partial charge in [0.15, 0.2) is 5.78 Å². The number of nitrogens with one attached hydrogen (secondary N) is 1.